The van der Waals surface area contributed by atoms with Crippen LogP contribution in [0.3, 0.4) is 0 Å². The molecule has 16 heteroatoms. The first-order valence-electron chi connectivity index (χ1n) is 18.1. The molecule has 3 aliphatic rings. The molecule has 1 aromatic carbocycles. The summed E-state index contributed by atoms with van der Waals surface area (Å²) in [6, 6.07) is -4.22. The first-order chi connectivity index (χ1) is 24.7. The summed E-state index contributed by atoms with van der Waals surface area (Å²) in [6.45, 7) is 4.70. The number of nitrogens with one attached hydrogen (secondary N) is 3. The molecule has 0 aliphatic carbocycles. The summed E-state index contributed by atoms with van der Waals surface area (Å²) in [5.41, 5.74) is 0.0753. The van der Waals surface area contributed by atoms with E-state index in [-0.39, 0.29) is 44.3 Å². The monoisotopic (exact) mass is 732 g/mol. The Bertz CT molecular complexity index is 1510. The van der Waals surface area contributed by atoms with Gasteiger partial charge >= 0.3 is 5.97 Å². The SMILES string of the molecule is CCCCCCC(=O)N[C@@H](Cc1cc(F)cc(F)c1)C(=O)N[C@H]1COC(=O)[C@@H]2CCCN2C(=O)[C@H](C)NC(=O)[C@H](C)N(C)C(=O)[C@@H]2CCCN2C1=O. The molecule has 0 spiro atoms. The molecule has 4 rings (SSSR count). The van der Waals surface area contributed by atoms with Crippen molar-refractivity contribution in [3.8, 4) is 0 Å². The maximum Gasteiger partial charge on any atom is 0.328 e. The van der Waals surface area contributed by atoms with Gasteiger partial charge in [-0.2, -0.15) is 0 Å². The number of carbonyl (C=O) groups excluding carboxylic acids is 7. The molecule has 3 heterocycles. The van der Waals surface area contributed by atoms with Crippen LogP contribution in [0.2, 0.25) is 0 Å². The van der Waals surface area contributed by atoms with E-state index in [0.717, 1.165) is 31.4 Å². The number of likely N-dealkylation sites (N-methyl/N-ethyl adjacent to an activating group) is 1. The van der Waals surface area contributed by atoms with E-state index in [1.54, 1.807) is 0 Å². The van der Waals surface area contributed by atoms with E-state index in [0.29, 0.717) is 25.3 Å². The zero-order valence-electron chi connectivity index (χ0n) is 30.3. The summed E-state index contributed by atoms with van der Waals surface area (Å²) in [4.78, 5) is 98.5. The van der Waals surface area contributed by atoms with E-state index >= 15 is 0 Å². The summed E-state index contributed by atoms with van der Waals surface area (Å²) in [7, 11) is 1.42. The lowest BCUT2D eigenvalue weighted by molar-refractivity contribution is -0.158. The maximum atomic E-state index is 14.2. The van der Waals surface area contributed by atoms with Crippen molar-refractivity contribution >= 4 is 41.4 Å². The Morgan fingerprint density at radius 3 is 2.19 bits per heavy atom. The minimum atomic E-state index is -1.54. The molecule has 0 aromatic heterocycles. The highest BCUT2D eigenvalue weighted by Crippen LogP contribution is 2.23. The molecule has 286 valence electrons. The largest absolute Gasteiger partial charge is 0.461 e. The van der Waals surface area contributed by atoms with Gasteiger partial charge in [-0.3, -0.25) is 28.8 Å². The molecule has 0 radical (unpaired) electrons. The number of ether oxygens (including phenoxy) is 1. The highest BCUT2D eigenvalue weighted by molar-refractivity contribution is 5.97. The van der Waals surface area contributed by atoms with Gasteiger partial charge in [-0.15, -0.1) is 0 Å². The van der Waals surface area contributed by atoms with Gasteiger partial charge in [0.2, 0.25) is 35.4 Å². The standard InChI is InChI=1S/C36H50F2N6O8/c1-5-6-7-8-13-30(45)40-26(18-23-16-24(37)19-25(38)17-23)32(47)41-27-20-52-36(51)29-12-10-15-44(29)33(48)21(2)39-31(46)22(3)42(4)35(50)28-11-9-14-43(28)34(27)49/h16-17,19,21-22,26-29H,5-15,18,20H2,1-4H3,(H,39,46)(H,40,45)(H,41,47)/t21-,22-,26-,27-,28-,29-/m0/s1. The van der Waals surface area contributed by atoms with Crippen molar-refractivity contribution in [1.82, 2.24) is 30.7 Å². The van der Waals surface area contributed by atoms with Crippen molar-refractivity contribution in [2.75, 3.05) is 26.7 Å². The van der Waals surface area contributed by atoms with Crippen LogP contribution in [0.25, 0.3) is 0 Å². The van der Waals surface area contributed by atoms with Crippen molar-refractivity contribution < 1.29 is 47.1 Å². The van der Waals surface area contributed by atoms with Crippen LogP contribution < -0.4 is 16.0 Å². The summed E-state index contributed by atoms with van der Waals surface area (Å²) in [5, 5.41) is 7.83. The molecular weight excluding hydrogens is 682 g/mol. The minimum absolute atomic E-state index is 0.0753. The molecule has 3 aliphatic heterocycles. The molecule has 14 nitrogen and oxygen atoms in total. The number of amides is 6. The summed E-state index contributed by atoms with van der Waals surface area (Å²) in [5.74, 6) is -6.35. The molecule has 6 amide bonds. The van der Waals surface area contributed by atoms with Gasteiger partial charge in [0.25, 0.3) is 0 Å². The highest BCUT2D eigenvalue weighted by Gasteiger charge is 2.43. The van der Waals surface area contributed by atoms with Gasteiger partial charge in [0.15, 0.2) is 0 Å². The number of hydrogen-bond acceptors (Lipinski definition) is 8. The Hall–Kier alpha value is -4.63. The van der Waals surface area contributed by atoms with Crippen LogP contribution >= 0.6 is 0 Å². The van der Waals surface area contributed by atoms with E-state index in [2.05, 4.69) is 16.0 Å². The Balaban J connectivity index is 1.64. The average molecular weight is 733 g/mol. The molecule has 6 atom stereocenters. The number of esters is 1. The van der Waals surface area contributed by atoms with Crippen molar-refractivity contribution in [3.63, 3.8) is 0 Å². The third kappa shape index (κ3) is 10.0. The molecule has 3 N–H and O–H groups in total. The second kappa shape index (κ2) is 18.2. The fourth-order valence-corrected chi connectivity index (χ4v) is 6.87. The fraction of sp³-hybridized carbons (Fsp3) is 0.639. The quantitative estimate of drug-likeness (QED) is 0.239. The molecule has 1 aromatic rings. The lowest BCUT2D eigenvalue weighted by Crippen LogP contribution is -2.60. The number of nitrogens with zero attached hydrogens (tertiary/aromatic N) is 3. The summed E-state index contributed by atoms with van der Waals surface area (Å²) >= 11 is 0. The van der Waals surface area contributed by atoms with Gasteiger partial charge in [0, 0.05) is 39.0 Å². The summed E-state index contributed by atoms with van der Waals surface area (Å²) < 4.78 is 33.8. The van der Waals surface area contributed by atoms with Crippen LogP contribution in [0.1, 0.15) is 84.1 Å². The summed E-state index contributed by atoms with van der Waals surface area (Å²) in [6.07, 6.45) is 4.42. The number of halogens is 2. The molecular formula is C36H50F2N6O8. The Kier molecular flexibility index (Phi) is 14.1. The van der Waals surface area contributed by atoms with Crippen LogP contribution in [-0.2, 0) is 44.7 Å². The Morgan fingerprint density at radius 2 is 1.54 bits per heavy atom. The van der Waals surface area contributed by atoms with Gasteiger partial charge in [0.05, 0.1) is 0 Å². The third-order valence-electron chi connectivity index (χ3n) is 9.94. The second-order valence-electron chi connectivity index (χ2n) is 13.8. The van der Waals surface area contributed by atoms with Crippen LogP contribution in [-0.4, -0.2) is 119 Å². The number of benzene rings is 1. The highest BCUT2D eigenvalue weighted by atomic mass is 19.1. The first kappa shape index (κ1) is 40.1. The number of unbranched alkanes of at least 4 members (excludes halogenated alkanes) is 3. The zero-order chi connectivity index (χ0) is 38.1. The van der Waals surface area contributed by atoms with E-state index in [1.165, 1.54) is 35.6 Å². The normalized spacial score (nSPS) is 25.3. The fourth-order valence-electron chi connectivity index (χ4n) is 6.87. The molecule has 0 saturated carbocycles. The van der Waals surface area contributed by atoms with Crippen LogP contribution in [0.15, 0.2) is 18.2 Å². The van der Waals surface area contributed by atoms with Gasteiger partial charge in [0.1, 0.15) is 54.5 Å². The van der Waals surface area contributed by atoms with Crippen molar-refractivity contribution in [2.45, 2.75) is 121 Å². The first-order valence-corrected chi connectivity index (χ1v) is 18.1. The Morgan fingerprint density at radius 1 is 0.904 bits per heavy atom. The molecule has 0 unspecified atom stereocenters. The van der Waals surface area contributed by atoms with Gasteiger partial charge in [-0.1, -0.05) is 26.2 Å². The van der Waals surface area contributed by atoms with Crippen molar-refractivity contribution in [2.24, 2.45) is 0 Å². The molecule has 0 bridgehead atoms. The molecule has 3 saturated heterocycles. The number of carbonyl (C=O) groups is 7. The minimum Gasteiger partial charge on any atom is -0.461 e. The average Bonchev–Trinajstić information content (AvgIpc) is 3.80. The van der Waals surface area contributed by atoms with E-state index in [1.807, 2.05) is 6.92 Å². The predicted molar refractivity (Wildman–Crippen MR) is 183 cm³/mol. The van der Waals surface area contributed by atoms with Gasteiger partial charge < -0.3 is 35.4 Å². The molecule has 52 heavy (non-hydrogen) atoms. The molecule has 3 fully saturated rings. The number of rotatable bonds is 10. The van der Waals surface area contributed by atoms with E-state index < -0.39 is 95.9 Å². The maximum absolute atomic E-state index is 14.2. The van der Waals surface area contributed by atoms with Gasteiger partial charge in [-0.05, 0) is 63.6 Å². The van der Waals surface area contributed by atoms with E-state index in [9.17, 15) is 42.3 Å². The number of hydrogen-bond donors (Lipinski definition) is 3. The number of fused-ring (bicyclic) bond motifs is 2. The lowest BCUT2D eigenvalue weighted by atomic mass is 10.0. The topological polar surface area (TPSA) is 175 Å². The van der Waals surface area contributed by atoms with Crippen LogP contribution in [0.4, 0.5) is 8.78 Å². The van der Waals surface area contributed by atoms with Crippen LogP contribution in [0.5, 0.6) is 0 Å². The lowest BCUT2D eigenvalue weighted by Gasteiger charge is -2.34. The predicted octanol–water partition coefficient (Wildman–Crippen LogP) is 1.34. The third-order valence-corrected chi connectivity index (χ3v) is 9.94. The van der Waals surface area contributed by atoms with Crippen molar-refractivity contribution in [1.29, 1.82) is 0 Å². The number of cyclic esters (lactones) is 1. The smallest absolute Gasteiger partial charge is 0.328 e. The van der Waals surface area contributed by atoms with Crippen molar-refractivity contribution in [3.05, 3.63) is 35.4 Å². The Labute approximate surface area is 302 Å². The van der Waals surface area contributed by atoms with Gasteiger partial charge in [-0.25, -0.2) is 13.6 Å². The van der Waals surface area contributed by atoms with Crippen LogP contribution in [0, 0.1) is 11.6 Å². The van der Waals surface area contributed by atoms with E-state index in [4.69, 9.17) is 4.74 Å². The second-order valence-corrected chi connectivity index (χ2v) is 13.8. The zero-order valence-corrected chi connectivity index (χ0v) is 30.3.